The Morgan fingerprint density at radius 3 is 2.53 bits per heavy atom. The van der Waals surface area contributed by atoms with Crippen LogP contribution in [0.2, 0.25) is 0 Å². The number of ether oxygens (including phenoxy) is 2. The van der Waals surface area contributed by atoms with Crippen LogP contribution in [-0.2, 0) is 4.79 Å². The third-order valence-electron chi connectivity index (χ3n) is 4.28. The molecule has 6 nitrogen and oxygen atoms in total. The van der Waals surface area contributed by atoms with Crippen molar-refractivity contribution < 1.29 is 14.3 Å². The molecule has 1 aliphatic heterocycles. The fraction of sp³-hybridized carbons (Fsp3) is 0.227. The summed E-state index contributed by atoms with van der Waals surface area (Å²) in [6.07, 6.45) is 1.78. The van der Waals surface area contributed by atoms with E-state index in [1.165, 1.54) is 11.8 Å². The highest BCUT2D eigenvalue weighted by Crippen LogP contribution is 2.37. The fourth-order valence-electron chi connectivity index (χ4n) is 2.85. The van der Waals surface area contributed by atoms with E-state index >= 15 is 0 Å². The molecular formula is C22H21N3O3S2. The van der Waals surface area contributed by atoms with Crippen LogP contribution in [0.3, 0.4) is 0 Å². The number of rotatable bonds is 7. The van der Waals surface area contributed by atoms with Crippen molar-refractivity contribution >= 4 is 51.7 Å². The molecular weight excluding hydrogens is 418 g/mol. The highest BCUT2D eigenvalue weighted by Gasteiger charge is 2.33. The first kappa shape index (κ1) is 21.7. The minimum atomic E-state index is -0.162. The molecule has 0 radical (unpaired) electrons. The van der Waals surface area contributed by atoms with Gasteiger partial charge in [0, 0.05) is 19.8 Å². The average molecular weight is 440 g/mol. The van der Waals surface area contributed by atoms with Crippen LogP contribution in [0.5, 0.6) is 11.5 Å². The Morgan fingerprint density at radius 2 is 1.90 bits per heavy atom. The maximum absolute atomic E-state index is 13.0. The molecule has 1 saturated heterocycles. The molecule has 3 rings (SSSR count). The number of nitrogens with zero attached hydrogens (tertiary/aromatic N) is 3. The summed E-state index contributed by atoms with van der Waals surface area (Å²) < 4.78 is 11.5. The zero-order valence-electron chi connectivity index (χ0n) is 16.9. The molecule has 1 aliphatic rings. The molecule has 0 atom stereocenters. The van der Waals surface area contributed by atoms with Crippen molar-refractivity contribution in [1.82, 2.24) is 0 Å². The number of benzene rings is 2. The second kappa shape index (κ2) is 9.65. The number of hydrogen-bond donors (Lipinski definition) is 0. The lowest BCUT2D eigenvalue weighted by molar-refractivity contribution is -0.113. The normalized spacial score (nSPS) is 14.7. The minimum absolute atomic E-state index is 0.0648. The maximum Gasteiger partial charge on any atom is 0.270 e. The molecule has 2 aromatic carbocycles. The van der Waals surface area contributed by atoms with Gasteiger partial charge in [0.1, 0.15) is 6.07 Å². The number of anilines is 2. The van der Waals surface area contributed by atoms with Gasteiger partial charge in [-0.2, -0.15) is 5.26 Å². The molecule has 0 aromatic heterocycles. The van der Waals surface area contributed by atoms with Crippen LogP contribution in [0.4, 0.5) is 11.4 Å². The van der Waals surface area contributed by atoms with E-state index in [1.807, 2.05) is 62.3 Å². The summed E-state index contributed by atoms with van der Waals surface area (Å²) in [7, 11) is 3.93. The van der Waals surface area contributed by atoms with E-state index < -0.39 is 0 Å². The molecule has 154 valence electrons. The number of hydrogen-bond acceptors (Lipinski definition) is 7. The molecule has 0 unspecified atom stereocenters. The Balaban J connectivity index is 1.86. The van der Waals surface area contributed by atoms with Crippen molar-refractivity contribution in [3.05, 3.63) is 52.9 Å². The first-order chi connectivity index (χ1) is 14.4. The highest BCUT2D eigenvalue weighted by molar-refractivity contribution is 8.27. The lowest BCUT2D eigenvalue weighted by Gasteiger charge is -2.17. The number of nitriles is 1. The first-order valence-electron chi connectivity index (χ1n) is 9.26. The molecule has 1 heterocycles. The molecule has 0 N–H and O–H groups in total. The van der Waals surface area contributed by atoms with Gasteiger partial charge in [-0.1, -0.05) is 30.0 Å². The van der Waals surface area contributed by atoms with Gasteiger partial charge in [0.15, 0.2) is 22.4 Å². The van der Waals surface area contributed by atoms with Gasteiger partial charge in [0.05, 0.1) is 17.2 Å². The van der Waals surface area contributed by atoms with Crippen molar-refractivity contribution in [1.29, 1.82) is 5.26 Å². The molecule has 8 heteroatoms. The SMILES string of the molecule is CCOc1cc(/C=C2\SC(=S)N(c3ccc(N(C)C)cc3)C2=O)ccc1OCC#N. The predicted octanol–water partition coefficient (Wildman–Crippen LogP) is 4.46. The summed E-state index contributed by atoms with van der Waals surface area (Å²) in [5.41, 5.74) is 2.56. The number of thiocarbonyl (C=S) groups is 1. The van der Waals surface area contributed by atoms with Gasteiger partial charge in [-0.25, -0.2) is 0 Å². The molecule has 1 amide bonds. The van der Waals surface area contributed by atoms with E-state index in [1.54, 1.807) is 23.1 Å². The van der Waals surface area contributed by atoms with E-state index in [9.17, 15) is 4.79 Å². The van der Waals surface area contributed by atoms with Crippen molar-refractivity contribution in [3.8, 4) is 17.6 Å². The van der Waals surface area contributed by atoms with Gasteiger partial charge in [0.25, 0.3) is 5.91 Å². The standard InChI is InChI=1S/C22H21N3O3S2/c1-4-27-19-13-15(5-10-18(19)28-12-11-23)14-20-21(26)25(22(29)30-20)17-8-6-16(7-9-17)24(2)3/h5-10,13-14H,4,12H2,1-3H3/b20-14-. The zero-order valence-corrected chi connectivity index (χ0v) is 18.5. The topological polar surface area (TPSA) is 65.8 Å². The molecule has 0 spiro atoms. The van der Waals surface area contributed by atoms with Crippen molar-refractivity contribution in [2.75, 3.05) is 37.1 Å². The molecule has 0 aliphatic carbocycles. The third-order valence-corrected chi connectivity index (χ3v) is 5.58. The summed E-state index contributed by atoms with van der Waals surface area (Å²) in [6, 6.07) is 14.9. The predicted molar refractivity (Wildman–Crippen MR) is 125 cm³/mol. The summed E-state index contributed by atoms with van der Waals surface area (Å²) in [6.45, 7) is 2.26. The Kier molecular flexibility index (Phi) is 6.98. The van der Waals surface area contributed by atoms with E-state index in [2.05, 4.69) is 0 Å². The lowest BCUT2D eigenvalue weighted by atomic mass is 10.1. The summed E-state index contributed by atoms with van der Waals surface area (Å²) >= 11 is 6.72. The third kappa shape index (κ3) is 4.75. The summed E-state index contributed by atoms with van der Waals surface area (Å²) in [5, 5.41) is 8.72. The van der Waals surface area contributed by atoms with Crippen LogP contribution in [-0.4, -0.2) is 37.5 Å². The van der Waals surface area contributed by atoms with Crippen molar-refractivity contribution in [3.63, 3.8) is 0 Å². The van der Waals surface area contributed by atoms with Gasteiger partial charge in [-0.05, 0) is 55.0 Å². The van der Waals surface area contributed by atoms with Crippen LogP contribution in [0.1, 0.15) is 12.5 Å². The number of carbonyl (C=O) groups is 1. The minimum Gasteiger partial charge on any atom is -0.490 e. The van der Waals surface area contributed by atoms with E-state index in [-0.39, 0.29) is 12.5 Å². The van der Waals surface area contributed by atoms with E-state index in [0.717, 1.165) is 16.9 Å². The van der Waals surface area contributed by atoms with Gasteiger partial charge >= 0.3 is 0 Å². The van der Waals surface area contributed by atoms with Gasteiger partial charge < -0.3 is 14.4 Å². The van der Waals surface area contributed by atoms with Crippen molar-refractivity contribution in [2.45, 2.75) is 6.92 Å². The second-order valence-electron chi connectivity index (χ2n) is 6.51. The lowest BCUT2D eigenvalue weighted by Crippen LogP contribution is -2.27. The number of carbonyl (C=O) groups excluding carboxylic acids is 1. The number of amides is 1. The Bertz CT molecular complexity index is 1030. The summed E-state index contributed by atoms with van der Waals surface area (Å²) in [5.74, 6) is 0.853. The van der Waals surface area contributed by atoms with Crippen molar-refractivity contribution in [2.24, 2.45) is 0 Å². The molecule has 2 aromatic rings. The van der Waals surface area contributed by atoms with Crippen LogP contribution < -0.4 is 19.3 Å². The Hall–Kier alpha value is -3.02. The Morgan fingerprint density at radius 1 is 1.17 bits per heavy atom. The smallest absolute Gasteiger partial charge is 0.270 e. The molecule has 1 fully saturated rings. The van der Waals surface area contributed by atoms with Crippen LogP contribution in [0.15, 0.2) is 47.4 Å². The van der Waals surface area contributed by atoms with Crippen LogP contribution in [0, 0.1) is 11.3 Å². The second-order valence-corrected chi connectivity index (χ2v) is 8.19. The quantitative estimate of drug-likeness (QED) is 0.466. The van der Waals surface area contributed by atoms with Crippen LogP contribution in [0.25, 0.3) is 6.08 Å². The first-order valence-corrected chi connectivity index (χ1v) is 10.5. The van der Waals surface area contributed by atoms with Gasteiger partial charge in [0.2, 0.25) is 0 Å². The highest BCUT2D eigenvalue weighted by atomic mass is 32.2. The van der Waals surface area contributed by atoms with Crippen LogP contribution >= 0.6 is 24.0 Å². The number of thioether (sulfide) groups is 1. The maximum atomic E-state index is 13.0. The zero-order chi connectivity index (χ0) is 21.7. The Labute approximate surface area is 185 Å². The molecule has 0 bridgehead atoms. The van der Waals surface area contributed by atoms with E-state index in [0.29, 0.717) is 27.3 Å². The van der Waals surface area contributed by atoms with Gasteiger partial charge in [-0.15, -0.1) is 0 Å². The average Bonchev–Trinajstić information content (AvgIpc) is 3.00. The molecule has 30 heavy (non-hydrogen) atoms. The van der Waals surface area contributed by atoms with E-state index in [4.69, 9.17) is 27.0 Å². The monoisotopic (exact) mass is 439 g/mol. The largest absolute Gasteiger partial charge is 0.490 e. The van der Waals surface area contributed by atoms with Gasteiger partial charge in [-0.3, -0.25) is 9.69 Å². The molecule has 0 saturated carbocycles. The fourth-order valence-corrected chi connectivity index (χ4v) is 4.15. The summed E-state index contributed by atoms with van der Waals surface area (Å²) in [4.78, 5) is 17.1.